The van der Waals surface area contributed by atoms with Crippen molar-refractivity contribution in [2.24, 2.45) is 0 Å². The third-order valence-electron chi connectivity index (χ3n) is 4.39. The molecule has 0 spiro atoms. The van der Waals surface area contributed by atoms with Gasteiger partial charge in [0.1, 0.15) is 11.2 Å². The molecule has 2 N–H and O–H groups in total. The van der Waals surface area contributed by atoms with Crippen molar-refractivity contribution in [2.45, 2.75) is 31.8 Å². The molecule has 1 aromatic carbocycles. The smallest absolute Gasteiger partial charge is 0.269 e. The van der Waals surface area contributed by atoms with E-state index in [2.05, 4.69) is 10.6 Å². The Balaban J connectivity index is 1.65. The van der Waals surface area contributed by atoms with Gasteiger partial charge in [-0.2, -0.15) is 0 Å². The maximum atomic E-state index is 12.5. The van der Waals surface area contributed by atoms with Crippen LogP contribution in [-0.4, -0.2) is 10.8 Å². The molecule has 0 unspecified atom stereocenters. The van der Waals surface area contributed by atoms with Gasteiger partial charge in [0.15, 0.2) is 0 Å². The maximum absolute atomic E-state index is 12.5. The summed E-state index contributed by atoms with van der Waals surface area (Å²) in [4.78, 5) is 24.1. The van der Waals surface area contributed by atoms with Crippen LogP contribution in [0.2, 0.25) is 0 Å². The fraction of sp³-hybridized carbons (Fsp3) is 0.312. The van der Waals surface area contributed by atoms with Crippen molar-refractivity contribution in [3.63, 3.8) is 0 Å². The minimum absolute atomic E-state index is 0.0446. The van der Waals surface area contributed by atoms with E-state index in [1.54, 1.807) is 23.5 Å². The van der Waals surface area contributed by atoms with Crippen molar-refractivity contribution in [1.29, 1.82) is 0 Å². The van der Waals surface area contributed by atoms with Gasteiger partial charge in [-0.25, -0.2) is 0 Å². The van der Waals surface area contributed by atoms with Gasteiger partial charge in [-0.05, 0) is 48.9 Å². The van der Waals surface area contributed by atoms with Gasteiger partial charge < -0.3 is 10.6 Å². The third kappa shape index (κ3) is 2.37. The Bertz CT molecular complexity index is 798. The summed E-state index contributed by atoms with van der Waals surface area (Å²) in [7, 11) is 0. The van der Waals surface area contributed by atoms with Gasteiger partial charge in [0.2, 0.25) is 0 Å². The molecule has 23 heavy (non-hydrogen) atoms. The Labute approximate surface area is 136 Å². The Morgan fingerprint density at radius 3 is 2.61 bits per heavy atom. The van der Waals surface area contributed by atoms with Crippen LogP contribution < -0.4 is 10.6 Å². The van der Waals surface area contributed by atoms with Crippen LogP contribution in [0.15, 0.2) is 24.3 Å². The third-order valence-corrected chi connectivity index (χ3v) is 5.61. The molecule has 0 fully saturated rings. The molecule has 2 aromatic rings. The molecule has 118 valence electrons. The SMILES string of the molecule is O=C1N[C@H](c2ccc([N+](=O)[O-])cc2)Nc2sc3c(c21)CCCC3. The van der Waals surface area contributed by atoms with Crippen molar-refractivity contribution in [1.82, 2.24) is 5.32 Å². The lowest BCUT2D eigenvalue weighted by Crippen LogP contribution is -2.38. The molecule has 0 bridgehead atoms. The molecule has 1 aromatic heterocycles. The summed E-state index contributed by atoms with van der Waals surface area (Å²) in [6.45, 7) is 0. The summed E-state index contributed by atoms with van der Waals surface area (Å²) in [5.41, 5.74) is 2.84. The minimum Gasteiger partial charge on any atom is -0.353 e. The van der Waals surface area contributed by atoms with Crippen molar-refractivity contribution < 1.29 is 9.72 Å². The lowest BCUT2D eigenvalue weighted by Gasteiger charge is -2.26. The van der Waals surface area contributed by atoms with E-state index in [4.69, 9.17) is 0 Å². The van der Waals surface area contributed by atoms with E-state index >= 15 is 0 Å². The molecule has 6 nitrogen and oxygen atoms in total. The summed E-state index contributed by atoms with van der Waals surface area (Å²) in [5, 5.41) is 18.0. The van der Waals surface area contributed by atoms with Crippen LogP contribution in [0.5, 0.6) is 0 Å². The highest BCUT2D eigenvalue weighted by atomic mass is 32.1. The number of carbonyl (C=O) groups is 1. The average molecular weight is 329 g/mol. The quantitative estimate of drug-likeness (QED) is 0.653. The molecule has 1 atom stereocenters. The molecule has 0 radical (unpaired) electrons. The number of thiophene rings is 1. The zero-order chi connectivity index (χ0) is 16.0. The van der Waals surface area contributed by atoms with E-state index in [0.717, 1.165) is 35.4 Å². The number of hydrogen-bond acceptors (Lipinski definition) is 5. The molecule has 2 heterocycles. The molecule has 0 saturated heterocycles. The van der Waals surface area contributed by atoms with Crippen LogP contribution in [0.3, 0.4) is 0 Å². The number of nitrogens with one attached hydrogen (secondary N) is 2. The molecule has 2 aliphatic rings. The van der Waals surface area contributed by atoms with E-state index < -0.39 is 4.92 Å². The standard InChI is InChI=1S/C16H15N3O3S/c20-15-13-11-3-1-2-4-12(11)23-16(13)18-14(17-15)9-5-7-10(8-6-9)19(21)22/h5-8,14,18H,1-4H2,(H,17,20)/t14-/m0/s1. The van der Waals surface area contributed by atoms with Crippen LogP contribution in [0, 0.1) is 10.1 Å². The van der Waals surface area contributed by atoms with Crippen molar-refractivity contribution >= 4 is 27.9 Å². The number of nitrogens with zero attached hydrogens (tertiary/aromatic N) is 1. The largest absolute Gasteiger partial charge is 0.353 e. The fourth-order valence-electron chi connectivity index (χ4n) is 3.23. The molecule has 0 saturated carbocycles. The van der Waals surface area contributed by atoms with Gasteiger partial charge in [0.25, 0.3) is 11.6 Å². The normalized spacial score (nSPS) is 19.3. The Kier molecular flexibility index (Phi) is 3.30. The van der Waals surface area contributed by atoms with E-state index in [9.17, 15) is 14.9 Å². The average Bonchev–Trinajstić information content (AvgIpc) is 2.93. The highest BCUT2D eigenvalue weighted by Gasteiger charge is 2.31. The Morgan fingerprint density at radius 2 is 1.87 bits per heavy atom. The number of benzene rings is 1. The first-order valence-corrected chi connectivity index (χ1v) is 8.41. The first-order chi connectivity index (χ1) is 11.1. The van der Waals surface area contributed by atoms with Gasteiger partial charge in [-0.15, -0.1) is 11.3 Å². The molecular formula is C16H15N3O3S. The van der Waals surface area contributed by atoms with Crippen LogP contribution in [0.1, 0.15) is 45.4 Å². The number of amides is 1. The number of hydrogen-bond donors (Lipinski definition) is 2. The zero-order valence-corrected chi connectivity index (χ0v) is 13.1. The van der Waals surface area contributed by atoms with Gasteiger partial charge in [-0.3, -0.25) is 14.9 Å². The predicted molar refractivity (Wildman–Crippen MR) is 87.9 cm³/mol. The summed E-state index contributed by atoms with van der Waals surface area (Å²) < 4.78 is 0. The van der Waals surface area contributed by atoms with Crippen LogP contribution in [0.4, 0.5) is 10.7 Å². The monoisotopic (exact) mass is 329 g/mol. The molecular weight excluding hydrogens is 314 g/mol. The first-order valence-electron chi connectivity index (χ1n) is 7.60. The highest BCUT2D eigenvalue weighted by Crippen LogP contribution is 2.41. The number of rotatable bonds is 2. The Morgan fingerprint density at radius 1 is 1.13 bits per heavy atom. The lowest BCUT2D eigenvalue weighted by atomic mass is 9.94. The molecule has 1 amide bonds. The summed E-state index contributed by atoms with van der Waals surface area (Å²) in [6.07, 6.45) is 3.98. The Hall–Kier alpha value is -2.41. The van der Waals surface area contributed by atoms with Crippen LogP contribution in [0.25, 0.3) is 0 Å². The second-order valence-corrected chi connectivity index (χ2v) is 6.92. The van der Waals surface area contributed by atoms with E-state index in [-0.39, 0.29) is 17.8 Å². The molecule has 4 rings (SSSR count). The number of anilines is 1. The second-order valence-electron chi connectivity index (χ2n) is 5.81. The van der Waals surface area contributed by atoms with Crippen molar-refractivity contribution in [2.75, 3.05) is 5.32 Å². The van der Waals surface area contributed by atoms with Crippen molar-refractivity contribution in [3.8, 4) is 0 Å². The van der Waals surface area contributed by atoms with Crippen LogP contribution in [-0.2, 0) is 12.8 Å². The van der Waals surface area contributed by atoms with Gasteiger partial charge in [0, 0.05) is 17.0 Å². The van der Waals surface area contributed by atoms with Gasteiger partial charge >= 0.3 is 0 Å². The van der Waals surface area contributed by atoms with E-state index in [1.807, 2.05) is 0 Å². The van der Waals surface area contributed by atoms with Crippen LogP contribution >= 0.6 is 11.3 Å². The first kappa shape index (κ1) is 14.2. The zero-order valence-electron chi connectivity index (χ0n) is 12.3. The number of carbonyl (C=O) groups excluding carboxylic acids is 1. The number of aryl methyl sites for hydroxylation is 1. The number of nitro groups is 1. The second kappa shape index (κ2) is 5.34. The van der Waals surface area contributed by atoms with E-state index in [1.165, 1.54) is 29.0 Å². The number of fused-ring (bicyclic) bond motifs is 3. The lowest BCUT2D eigenvalue weighted by molar-refractivity contribution is -0.384. The van der Waals surface area contributed by atoms with Gasteiger partial charge in [0.05, 0.1) is 10.5 Å². The minimum atomic E-state index is -0.428. The fourth-order valence-corrected chi connectivity index (χ4v) is 4.55. The molecule has 7 heteroatoms. The van der Waals surface area contributed by atoms with E-state index in [0.29, 0.717) is 0 Å². The maximum Gasteiger partial charge on any atom is 0.269 e. The topological polar surface area (TPSA) is 84.3 Å². The predicted octanol–water partition coefficient (Wildman–Crippen LogP) is 3.39. The highest BCUT2D eigenvalue weighted by molar-refractivity contribution is 7.16. The van der Waals surface area contributed by atoms with Gasteiger partial charge in [-0.1, -0.05) is 0 Å². The molecule has 1 aliphatic heterocycles. The molecule has 1 aliphatic carbocycles. The summed E-state index contributed by atoms with van der Waals surface area (Å²) in [5.74, 6) is -0.0542. The summed E-state index contributed by atoms with van der Waals surface area (Å²) >= 11 is 1.67. The van der Waals surface area contributed by atoms with Crippen molar-refractivity contribution in [3.05, 3.63) is 55.9 Å². The summed E-state index contributed by atoms with van der Waals surface area (Å²) in [6, 6.07) is 6.26. The number of non-ortho nitro benzene ring substituents is 1. The number of nitro benzene ring substituents is 1.